The van der Waals surface area contributed by atoms with Crippen molar-refractivity contribution in [2.24, 2.45) is 10.4 Å². The van der Waals surface area contributed by atoms with Gasteiger partial charge in [0.05, 0.1) is 34.8 Å². The van der Waals surface area contributed by atoms with Gasteiger partial charge in [0.15, 0.2) is 5.78 Å². The molecule has 0 bridgehead atoms. The number of benzene rings is 1. The molecule has 0 saturated carbocycles. The largest absolute Gasteiger partial charge is 0.328 e. The van der Waals surface area contributed by atoms with Crippen molar-refractivity contribution in [1.82, 2.24) is 9.38 Å². The molecule has 0 N–H and O–H groups in total. The summed E-state index contributed by atoms with van der Waals surface area (Å²) in [6, 6.07) is 10.0. The Morgan fingerprint density at radius 3 is 2.96 bits per heavy atom. The van der Waals surface area contributed by atoms with Crippen LogP contribution in [0.5, 0.6) is 0 Å². The summed E-state index contributed by atoms with van der Waals surface area (Å²) in [7, 11) is 0. The van der Waals surface area contributed by atoms with E-state index in [0.29, 0.717) is 0 Å². The zero-order valence-corrected chi connectivity index (χ0v) is 14.2. The number of fused-ring (bicyclic) bond motifs is 3. The van der Waals surface area contributed by atoms with E-state index in [1.807, 2.05) is 54.9 Å². The van der Waals surface area contributed by atoms with Gasteiger partial charge < -0.3 is 9.30 Å². The van der Waals surface area contributed by atoms with Crippen LogP contribution in [0.2, 0.25) is 0 Å². The second-order valence-corrected chi connectivity index (χ2v) is 7.13. The highest BCUT2D eigenvalue weighted by atomic mass is 16.1. The summed E-state index contributed by atoms with van der Waals surface area (Å²) in [5, 5.41) is 0. The Bertz CT molecular complexity index is 1060. The molecule has 0 amide bonds. The molecule has 1 saturated heterocycles. The fraction of sp³-hybridized carbons (Fsp3) is 0.250. The van der Waals surface area contributed by atoms with Crippen LogP contribution in [0.3, 0.4) is 0 Å². The number of anilines is 1. The topological polar surface area (TPSA) is 50.0 Å². The Hall–Kier alpha value is -2.95. The standard InChI is InChI=1S/C20H18N4O/c1-13-3-6-17-16(9-13)18(25)20(2)7-8-24(19(20)22-17)15-5-4-14-10-21-12-23(14)11-15/h3-6,9-12H,7-8H2,1-2H3. The number of aryl methyl sites for hydroxylation is 1. The minimum atomic E-state index is -0.551. The van der Waals surface area contributed by atoms with Gasteiger partial charge in [-0.2, -0.15) is 0 Å². The molecular weight excluding hydrogens is 312 g/mol. The van der Waals surface area contributed by atoms with Crippen LogP contribution in [-0.2, 0) is 0 Å². The van der Waals surface area contributed by atoms with Crippen LogP contribution in [0.4, 0.5) is 11.4 Å². The molecular formula is C20H18N4O. The molecule has 2 aliphatic rings. The summed E-state index contributed by atoms with van der Waals surface area (Å²) >= 11 is 0. The van der Waals surface area contributed by atoms with E-state index in [-0.39, 0.29) is 5.78 Å². The molecule has 124 valence electrons. The number of pyridine rings is 1. The molecule has 1 unspecified atom stereocenters. The first-order chi connectivity index (χ1) is 12.1. The lowest BCUT2D eigenvalue weighted by atomic mass is 9.78. The van der Waals surface area contributed by atoms with Crippen LogP contribution in [0, 0.1) is 12.3 Å². The number of hydrogen-bond donors (Lipinski definition) is 0. The third kappa shape index (κ3) is 1.92. The Morgan fingerprint density at radius 1 is 1.20 bits per heavy atom. The van der Waals surface area contributed by atoms with Crippen LogP contribution >= 0.6 is 0 Å². The van der Waals surface area contributed by atoms with Crippen molar-refractivity contribution in [3.63, 3.8) is 0 Å². The maximum absolute atomic E-state index is 13.2. The predicted octanol–water partition coefficient (Wildman–Crippen LogP) is 3.79. The van der Waals surface area contributed by atoms with Crippen molar-refractivity contribution in [2.75, 3.05) is 11.4 Å². The Labute approximate surface area is 145 Å². The zero-order chi connectivity index (χ0) is 17.2. The average molecular weight is 330 g/mol. The summed E-state index contributed by atoms with van der Waals surface area (Å²) in [5.41, 5.74) is 4.15. The summed E-state index contributed by atoms with van der Waals surface area (Å²) in [6.45, 7) is 4.82. The third-order valence-corrected chi connectivity index (χ3v) is 5.41. The number of rotatable bonds is 1. The van der Waals surface area contributed by atoms with Gasteiger partial charge >= 0.3 is 0 Å². The van der Waals surface area contributed by atoms with Crippen LogP contribution in [0.1, 0.15) is 29.3 Å². The third-order valence-electron chi connectivity index (χ3n) is 5.41. The van der Waals surface area contributed by atoms with E-state index in [9.17, 15) is 4.79 Å². The molecule has 5 heteroatoms. The molecule has 1 atom stereocenters. The van der Waals surface area contributed by atoms with Crippen LogP contribution in [0.25, 0.3) is 5.52 Å². The lowest BCUT2D eigenvalue weighted by Gasteiger charge is -2.31. The summed E-state index contributed by atoms with van der Waals surface area (Å²) in [6.07, 6.45) is 6.45. The van der Waals surface area contributed by atoms with E-state index in [2.05, 4.69) is 16.0 Å². The van der Waals surface area contributed by atoms with Crippen molar-refractivity contribution in [1.29, 1.82) is 0 Å². The molecule has 4 heterocycles. The number of carbonyl (C=O) groups is 1. The molecule has 25 heavy (non-hydrogen) atoms. The molecule has 2 aromatic heterocycles. The quantitative estimate of drug-likeness (QED) is 0.682. The molecule has 0 aliphatic carbocycles. The normalized spacial score (nSPS) is 22.1. The van der Waals surface area contributed by atoms with Crippen molar-refractivity contribution < 1.29 is 4.79 Å². The van der Waals surface area contributed by atoms with Gasteiger partial charge in [-0.25, -0.2) is 9.98 Å². The molecule has 0 spiro atoms. The van der Waals surface area contributed by atoms with E-state index in [0.717, 1.165) is 46.8 Å². The molecule has 0 radical (unpaired) electrons. The first-order valence-corrected chi connectivity index (χ1v) is 8.50. The fourth-order valence-corrected chi connectivity index (χ4v) is 3.91. The number of aliphatic imine (C=N–C) groups is 1. The number of ketones is 1. The van der Waals surface area contributed by atoms with Crippen LogP contribution < -0.4 is 4.90 Å². The lowest BCUT2D eigenvalue weighted by Crippen LogP contribution is -2.40. The molecule has 5 nitrogen and oxygen atoms in total. The smallest absolute Gasteiger partial charge is 0.178 e. The van der Waals surface area contributed by atoms with Crippen LogP contribution in [-0.4, -0.2) is 27.5 Å². The summed E-state index contributed by atoms with van der Waals surface area (Å²) < 4.78 is 1.99. The van der Waals surface area contributed by atoms with Gasteiger partial charge in [-0.1, -0.05) is 11.6 Å². The number of imidazole rings is 1. The number of carbonyl (C=O) groups excluding carboxylic acids is 1. The van der Waals surface area contributed by atoms with Gasteiger partial charge in [0.25, 0.3) is 0 Å². The van der Waals surface area contributed by atoms with Gasteiger partial charge in [0.2, 0.25) is 0 Å². The minimum Gasteiger partial charge on any atom is -0.328 e. The monoisotopic (exact) mass is 330 g/mol. The molecule has 1 fully saturated rings. The highest BCUT2D eigenvalue weighted by molar-refractivity contribution is 6.25. The number of hydrogen-bond acceptors (Lipinski definition) is 4. The summed E-state index contributed by atoms with van der Waals surface area (Å²) in [5.74, 6) is 1.04. The van der Waals surface area contributed by atoms with E-state index in [1.54, 1.807) is 6.33 Å². The number of amidine groups is 1. The second kappa shape index (κ2) is 4.79. The zero-order valence-electron chi connectivity index (χ0n) is 14.2. The van der Waals surface area contributed by atoms with Gasteiger partial charge in [-0.3, -0.25) is 4.79 Å². The Balaban J connectivity index is 1.67. The first kappa shape index (κ1) is 14.4. The van der Waals surface area contributed by atoms with E-state index < -0.39 is 5.41 Å². The average Bonchev–Trinajstić information content (AvgIpc) is 3.20. The Kier molecular flexibility index (Phi) is 2.76. The van der Waals surface area contributed by atoms with Gasteiger partial charge in [0, 0.05) is 18.3 Å². The predicted molar refractivity (Wildman–Crippen MR) is 97.9 cm³/mol. The second-order valence-electron chi connectivity index (χ2n) is 7.13. The van der Waals surface area contributed by atoms with E-state index in [1.165, 1.54) is 0 Å². The van der Waals surface area contributed by atoms with Gasteiger partial charge in [-0.05, 0) is 44.5 Å². The van der Waals surface area contributed by atoms with E-state index >= 15 is 0 Å². The van der Waals surface area contributed by atoms with E-state index in [4.69, 9.17) is 4.99 Å². The first-order valence-electron chi connectivity index (χ1n) is 8.50. The number of Topliss-reactive ketones (excluding diaryl/α,β-unsaturated/α-hetero) is 1. The van der Waals surface area contributed by atoms with Crippen molar-refractivity contribution in [2.45, 2.75) is 20.3 Å². The van der Waals surface area contributed by atoms with Crippen molar-refractivity contribution >= 4 is 28.5 Å². The molecule has 3 aromatic rings. The molecule has 2 aliphatic heterocycles. The summed E-state index contributed by atoms with van der Waals surface area (Å²) in [4.78, 5) is 24.4. The lowest BCUT2D eigenvalue weighted by molar-refractivity contribution is 0.0887. The van der Waals surface area contributed by atoms with Crippen molar-refractivity contribution in [3.8, 4) is 0 Å². The number of nitrogens with zero attached hydrogens (tertiary/aromatic N) is 4. The number of aromatic nitrogens is 2. The highest BCUT2D eigenvalue weighted by Gasteiger charge is 2.49. The van der Waals surface area contributed by atoms with Crippen LogP contribution in [0.15, 0.2) is 54.0 Å². The SMILES string of the molecule is Cc1ccc2c(c1)C(=O)C1(C)CCN(c3ccc4cncn4c3)C1=N2. The maximum Gasteiger partial charge on any atom is 0.178 e. The maximum atomic E-state index is 13.2. The molecule has 5 rings (SSSR count). The van der Waals surface area contributed by atoms with Gasteiger partial charge in [-0.15, -0.1) is 0 Å². The minimum absolute atomic E-state index is 0.183. The molecule has 1 aromatic carbocycles. The Morgan fingerprint density at radius 2 is 2.08 bits per heavy atom. The highest BCUT2D eigenvalue weighted by Crippen LogP contribution is 2.44. The van der Waals surface area contributed by atoms with Crippen molar-refractivity contribution in [3.05, 3.63) is 60.2 Å². The fourth-order valence-electron chi connectivity index (χ4n) is 3.91. The van der Waals surface area contributed by atoms with Gasteiger partial charge in [0.1, 0.15) is 5.84 Å².